The minimum absolute atomic E-state index is 0.0528. The van der Waals surface area contributed by atoms with Crippen LogP contribution in [0.25, 0.3) is 0 Å². The highest BCUT2D eigenvalue weighted by atomic mass is 16.5. The van der Waals surface area contributed by atoms with Gasteiger partial charge >= 0.3 is 12.1 Å². The van der Waals surface area contributed by atoms with Crippen molar-refractivity contribution in [2.75, 3.05) is 13.2 Å². The molecule has 0 aliphatic carbocycles. The third kappa shape index (κ3) is 8.93. The summed E-state index contributed by atoms with van der Waals surface area (Å²) in [5.74, 6) is -1.71. The number of carbonyl (C=O) groups excluding carboxylic acids is 4. The van der Waals surface area contributed by atoms with Crippen molar-refractivity contribution in [3.63, 3.8) is 0 Å². The van der Waals surface area contributed by atoms with E-state index in [0.29, 0.717) is 0 Å². The lowest BCUT2D eigenvalue weighted by molar-refractivity contribution is -0.143. The Balaban J connectivity index is 2.00. The molecule has 34 heavy (non-hydrogen) atoms. The predicted octanol–water partition coefficient (Wildman–Crippen LogP) is 2.10. The Labute approximate surface area is 199 Å². The molecule has 9 nitrogen and oxygen atoms in total. The molecule has 2 aromatic rings. The molecule has 0 saturated heterocycles. The van der Waals surface area contributed by atoms with Gasteiger partial charge in [-0.1, -0.05) is 60.7 Å². The Hall–Kier alpha value is -3.88. The van der Waals surface area contributed by atoms with Gasteiger partial charge < -0.3 is 25.4 Å². The largest absolute Gasteiger partial charge is 0.465 e. The van der Waals surface area contributed by atoms with E-state index in [1.54, 1.807) is 6.92 Å². The number of alkyl carbamates (subject to hydrolysis) is 1. The molecule has 3 N–H and O–H groups in total. The molecule has 0 fully saturated rings. The number of esters is 1. The van der Waals surface area contributed by atoms with E-state index in [4.69, 9.17) is 9.47 Å². The molecule has 0 heterocycles. The second kappa shape index (κ2) is 13.0. The van der Waals surface area contributed by atoms with Crippen LogP contribution in [0.4, 0.5) is 4.79 Å². The molecule has 0 aliphatic rings. The molecule has 0 spiro atoms. The van der Waals surface area contributed by atoms with Crippen LogP contribution in [0.1, 0.15) is 31.9 Å². The Morgan fingerprint density at radius 1 is 0.882 bits per heavy atom. The molecule has 9 heteroatoms. The van der Waals surface area contributed by atoms with E-state index >= 15 is 0 Å². The molecule has 1 atom stereocenters. The van der Waals surface area contributed by atoms with Gasteiger partial charge in [0.15, 0.2) is 0 Å². The van der Waals surface area contributed by atoms with Crippen LogP contribution in [-0.4, -0.2) is 48.6 Å². The van der Waals surface area contributed by atoms with Crippen LogP contribution < -0.4 is 16.0 Å². The average Bonchev–Trinajstić information content (AvgIpc) is 2.82. The van der Waals surface area contributed by atoms with Crippen LogP contribution >= 0.6 is 0 Å². The summed E-state index contributed by atoms with van der Waals surface area (Å²) in [4.78, 5) is 49.6. The molecule has 3 amide bonds. The molecule has 0 radical (unpaired) electrons. The molecule has 2 aromatic carbocycles. The number of rotatable bonds is 11. The smallest absolute Gasteiger partial charge is 0.408 e. The van der Waals surface area contributed by atoms with E-state index in [2.05, 4.69) is 16.0 Å². The summed E-state index contributed by atoms with van der Waals surface area (Å²) < 4.78 is 10.0. The normalized spacial score (nSPS) is 11.6. The van der Waals surface area contributed by atoms with Crippen molar-refractivity contribution in [2.24, 2.45) is 0 Å². The van der Waals surface area contributed by atoms with E-state index in [1.165, 1.54) is 13.8 Å². The number of ether oxygens (including phenoxy) is 2. The van der Waals surface area contributed by atoms with Gasteiger partial charge in [-0.3, -0.25) is 14.4 Å². The highest BCUT2D eigenvalue weighted by Crippen LogP contribution is 2.09. The van der Waals surface area contributed by atoms with Crippen molar-refractivity contribution >= 4 is 23.9 Å². The van der Waals surface area contributed by atoms with Gasteiger partial charge in [0.1, 0.15) is 24.7 Å². The number of hydrogen-bond donors (Lipinski definition) is 3. The third-order valence-electron chi connectivity index (χ3n) is 4.81. The maximum atomic E-state index is 13.0. The molecule has 0 aromatic heterocycles. The van der Waals surface area contributed by atoms with Gasteiger partial charge in [0, 0.05) is 6.42 Å². The number of carbonyl (C=O) groups is 4. The lowest BCUT2D eigenvalue weighted by Crippen LogP contribution is -2.59. The van der Waals surface area contributed by atoms with Crippen LogP contribution in [0, 0.1) is 0 Å². The standard InChI is InChI=1S/C25H31N3O6/c1-4-33-21(29)16-26-22(30)20(15-18-11-7-5-8-12-18)27-23(31)25(2,3)28-24(32)34-17-19-13-9-6-10-14-19/h5-14,20H,4,15-17H2,1-3H3,(H,26,30)(H,27,31)(H,28,32)/t20-/m0/s1. The molecule has 0 unspecified atom stereocenters. The van der Waals surface area contributed by atoms with E-state index in [-0.39, 0.29) is 26.2 Å². The molecule has 0 saturated carbocycles. The fourth-order valence-corrected chi connectivity index (χ4v) is 2.96. The zero-order chi connectivity index (χ0) is 25.0. The summed E-state index contributed by atoms with van der Waals surface area (Å²) >= 11 is 0. The summed E-state index contributed by atoms with van der Waals surface area (Å²) in [5.41, 5.74) is 0.248. The number of nitrogens with one attached hydrogen (secondary N) is 3. The molecular weight excluding hydrogens is 438 g/mol. The second-order valence-electron chi connectivity index (χ2n) is 8.05. The van der Waals surface area contributed by atoms with Gasteiger partial charge in [-0.15, -0.1) is 0 Å². The summed E-state index contributed by atoms with van der Waals surface area (Å²) in [6.45, 7) is 4.60. The highest BCUT2D eigenvalue weighted by molar-refractivity contribution is 5.94. The van der Waals surface area contributed by atoms with Gasteiger partial charge in [-0.25, -0.2) is 4.79 Å². The maximum absolute atomic E-state index is 13.0. The van der Waals surface area contributed by atoms with Gasteiger partial charge in [0.2, 0.25) is 11.8 Å². The first-order valence-electron chi connectivity index (χ1n) is 11.0. The summed E-state index contributed by atoms with van der Waals surface area (Å²) in [7, 11) is 0. The Bertz CT molecular complexity index is 963. The van der Waals surface area contributed by atoms with Gasteiger partial charge in [-0.05, 0) is 31.9 Å². The van der Waals surface area contributed by atoms with Gasteiger partial charge in [0.05, 0.1) is 6.61 Å². The first-order valence-corrected chi connectivity index (χ1v) is 11.0. The lowest BCUT2D eigenvalue weighted by atomic mass is 10.0. The number of amides is 3. The topological polar surface area (TPSA) is 123 Å². The Kier molecular flexibility index (Phi) is 10.1. The fourth-order valence-electron chi connectivity index (χ4n) is 2.96. The number of benzene rings is 2. The number of hydrogen-bond acceptors (Lipinski definition) is 6. The Morgan fingerprint density at radius 3 is 2.06 bits per heavy atom. The predicted molar refractivity (Wildman–Crippen MR) is 126 cm³/mol. The Morgan fingerprint density at radius 2 is 1.47 bits per heavy atom. The van der Waals surface area contributed by atoms with Crippen molar-refractivity contribution in [3.8, 4) is 0 Å². The minimum atomic E-state index is -1.37. The van der Waals surface area contributed by atoms with Crippen LogP contribution in [0.5, 0.6) is 0 Å². The lowest BCUT2D eigenvalue weighted by Gasteiger charge is -2.27. The zero-order valence-corrected chi connectivity index (χ0v) is 19.6. The molecule has 182 valence electrons. The highest BCUT2D eigenvalue weighted by Gasteiger charge is 2.33. The fraction of sp³-hybridized carbons (Fsp3) is 0.360. The SMILES string of the molecule is CCOC(=O)CNC(=O)[C@H](Cc1ccccc1)NC(=O)C(C)(C)NC(=O)OCc1ccccc1. The van der Waals surface area contributed by atoms with Crippen molar-refractivity contribution in [1.82, 2.24) is 16.0 Å². The summed E-state index contributed by atoms with van der Waals surface area (Å²) in [6.07, 6.45) is -0.578. The summed E-state index contributed by atoms with van der Waals surface area (Å²) in [5, 5.41) is 7.67. The van der Waals surface area contributed by atoms with Crippen molar-refractivity contribution in [2.45, 2.75) is 45.4 Å². The molecule has 0 aliphatic heterocycles. The minimum Gasteiger partial charge on any atom is -0.465 e. The molecule has 2 rings (SSSR count). The average molecular weight is 470 g/mol. The van der Waals surface area contributed by atoms with Crippen LogP contribution in [0.2, 0.25) is 0 Å². The van der Waals surface area contributed by atoms with Gasteiger partial charge in [0.25, 0.3) is 0 Å². The van der Waals surface area contributed by atoms with Crippen LogP contribution in [0.15, 0.2) is 60.7 Å². The van der Waals surface area contributed by atoms with Crippen LogP contribution in [-0.2, 0) is 36.9 Å². The van der Waals surface area contributed by atoms with E-state index in [9.17, 15) is 19.2 Å². The van der Waals surface area contributed by atoms with E-state index < -0.39 is 35.5 Å². The zero-order valence-electron chi connectivity index (χ0n) is 19.6. The first kappa shape index (κ1) is 26.4. The molecular formula is C25H31N3O6. The molecule has 0 bridgehead atoms. The van der Waals surface area contributed by atoms with E-state index in [1.807, 2.05) is 60.7 Å². The third-order valence-corrected chi connectivity index (χ3v) is 4.81. The van der Waals surface area contributed by atoms with E-state index in [0.717, 1.165) is 11.1 Å². The van der Waals surface area contributed by atoms with Gasteiger partial charge in [-0.2, -0.15) is 0 Å². The first-order chi connectivity index (χ1) is 16.2. The van der Waals surface area contributed by atoms with Crippen molar-refractivity contribution in [1.29, 1.82) is 0 Å². The van der Waals surface area contributed by atoms with Crippen molar-refractivity contribution in [3.05, 3.63) is 71.8 Å². The summed E-state index contributed by atoms with van der Waals surface area (Å²) in [6, 6.07) is 17.3. The van der Waals surface area contributed by atoms with Crippen molar-refractivity contribution < 1.29 is 28.7 Å². The quantitative estimate of drug-likeness (QED) is 0.433. The van der Waals surface area contributed by atoms with Crippen LogP contribution in [0.3, 0.4) is 0 Å². The second-order valence-corrected chi connectivity index (χ2v) is 8.05. The maximum Gasteiger partial charge on any atom is 0.408 e. The monoisotopic (exact) mass is 469 g/mol.